The summed E-state index contributed by atoms with van der Waals surface area (Å²) in [5.41, 5.74) is 1.08. The Morgan fingerprint density at radius 1 is 1.18 bits per heavy atom. The molecule has 1 aromatic carbocycles. The molecule has 1 aliphatic carbocycles. The summed E-state index contributed by atoms with van der Waals surface area (Å²) in [5, 5.41) is 8.47. The van der Waals surface area contributed by atoms with Crippen LogP contribution in [0.15, 0.2) is 44.4 Å². The monoisotopic (exact) mass is 490 g/mol. The van der Waals surface area contributed by atoms with Crippen molar-refractivity contribution in [3.63, 3.8) is 0 Å². The smallest absolute Gasteiger partial charge is 0.252 e. The standard InChI is InChI=1S/C22H23FN4O4S2/c23-17-6-8-18(9-7-17)24-21(28)15-5-2-10-27(12-15)33(29,30)19-11-16(13-32-19)20-25-22(31-26-20)14-3-1-4-14/h6-9,11,13-15H,1-5,10,12H2,(H,24,28). The zero-order valence-electron chi connectivity index (χ0n) is 17.7. The minimum atomic E-state index is -3.76. The molecule has 11 heteroatoms. The molecule has 1 atom stereocenters. The lowest BCUT2D eigenvalue weighted by atomic mass is 9.85. The van der Waals surface area contributed by atoms with Crippen molar-refractivity contribution in [2.45, 2.75) is 42.2 Å². The van der Waals surface area contributed by atoms with Crippen molar-refractivity contribution < 1.29 is 22.1 Å². The highest BCUT2D eigenvalue weighted by Gasteiger charge is 2.34. The molecule has 1 amide bonds. The van der Waals surface area contributed by atoms with E-state index in [1.54, 1.807) is 11.4 Å². The summed E-state index contributed by atoms with van der Waals surface area (Å²) in [5.74, 6) is 0.157. The number of benzene rings is 1. The van der Waals surface area contributed by atoms with E-state index in [4.69, 9.17) is 4.52 Å². The van der Waals surface area contributed by atoms with Crippen LogP contribution in [0.5, 0.6) is 0 Å². The van der Waals surface area contributed by atoms with Gasteiger partial charge in [0.25, 0.3) is 10.0 Å². The summed E-state index contributed by atoms with van der Waals surface area (Å²) in [6.07, 6.45) is 4.39. The number of carbonyl (C=O) groups excluding carboxylic acids is 1. The van der Waals surface area contributed by atoms with E-state index in [-0.39, 0.29) is 16.7 Å². The largest absolute Gasteiger partial charge is 0.339 e. The SMILES string of the molecule is O=C(Nc1ccc(F)cc1)C1CCCN(S(=O)(=O)c2cc(-c3noc(C4CCC4)n3)cs2)C1. The molecule has 33 heavy (non-hydrogen) atoms. The first-order chi connectivity index (χ1) is 15.9. The van der Waals surface area contributed by atoms with E-state index in [9.17, 15) is 17.6 Å². The fourth-order valence-electron chi connectivity index (χ4n) is 4.02. The lowest BCUT2D eigenvalue weighted by Crippen LogP contribution is -2.43. The van der Waals surface area contributed by atoms with Gasteiger partial charge in [-0.1, -0.05) is 11.6 Å². The van der Waals surface area contributed by atoms with Crippen LogP contribution < -0.4 is 5.32 Å². The quantitative estimate of drug-likeness (QED) is 0.554. The molecule has 8 nitrogen and oxygen atoms in total. The normalized spacial score (nSPS) is 19.8. The predicted octanol–water partition coefficient (Wildman–Crippen LogP) is 4.24. The number of hydrogen-bond donors (Lipinski definition) is 1. The summed E-state index contributed by atoms with van der Waals surface area (Å²) >= 11 is 1.11. The van der Waals surface area contributed by atoms with Crippen molar-refractivity contribution in [3.05, 3.63) is 47.4 Å². The third-order valence-corrected chi connectivity index (χ3v) is 9.47. The molecule has 1 aliphatic heterocycles. The third-order valence-electron chi connectivity index (χ3n) is 6.19. The number of thiophene rings is 1. The molecule has 2 aliphatic rings. The molecule has 1 saturated heterocycles. The van der Waals surface area contributed by atoms with Crippen molar-refractivity contribution in [1.29, 1.82) is 0 Å². The molecule has 1 unspecified atom stereocenters. The van der Waals surface area contributed by atoms with Crippen molar-refractivity contribution in [3.8, 4) is 11.4 Å². The fraction of sp³-hybridized carbons (Fsp3) is 0.409. The molecule has 0 radical (unpaired) electrons. The van der Waals surface area contributed by atoms with Crippen LogP contribution in [-0.4, -0.2) is 41.9 Å². The van der Waals surface area contributed by atoms with Crippen LogP contribution in [0.3, 0.4) is 0 Å². The summed E-state index contributed by atoms with van der Waals surface area (Å²) in [6.45, 7) is 0.445. The van der Waals surface area contributed by atoms with Gasteiger partial charge < -0.3 is 9.84 Å². The first kappa shape index (κ1) is 22.2. The van der Waals surface area contributed by atoms with Gasteiger partial charge >= 0.3 is 0 Å². The second-order valence-electron chi connectivity index (χ2n) is 8.44. The van der Waals surface area contributed by atoms with Crippen LogP contribution in [0.1, 0.15) is 43.9 Å². The maximum atomic E-state index is 13.3. The van der Waals surface area contributed by atoms with Crippen molar-refractivity contribution >= 4 is 33.0 Å². The van der Waals surface area contributed by atoms with Gasteiger partial charge in [0.1, 0.15) is 10.0 Å². The number of halogens is 1. The van der Waals surface area contributed by atoms with Crippen LogP contribution in [0, 0.1) is 11.7 Å². The second kappa shape index (κ2) is 8.96. The van der Waals surface area contributed by atoms with Gasteiger partial charge in [-0.2, -0.15) is 9.29 Å². The van der Waals surface area contributed by atoms with E-state index >= 15 is 0 Å². The van der Waals surface area contributed by atoms with Crippen LogP contribution >= 0.6 is 11.3 Å². The minimum Gasteiger partial charge on any atom is -0.339 e. The number of piperidine rings is 1. The van der Waals surface area contributed by atoms with Gasteiger partial charge in [-0.15, -0.1) is 11.3 Å². The maximum Gasteiger partial charge on any atom is 0.252 e. The number of nitrogens with one attached hydrogen (secondary N) is 1. The van der Waals surface area contributed by atoms with E-state index < -0.39 is 21.8 Å². The molecular weight excluding hydrogens is 467 g/mol. The molecule has 3 heterocycles. The lowest BCUT2D eigenvalue weighted by Gasteiger charge is -2.30. The first-order valence-corrected chi connectivity index (χ1v) is 13.2. The van der Waals surface area contributed by atoms with Gasteiger partial charge in [-0.25, -0.2) is 12.8 Å². The Labute approximate surface area is 194 Å². The Kier molecular flexibility index (Phi) is 6.02. The average molecular weight is 491 g/mol. The summed E-state index contributed by atoms with van der Waals surface area (Å²) in [6, 6.07) is 7.05. The number of nitrogens with zero attached hydrogens (tertiary/aromatic N) is 3. The van der Waals surface area contributed by atoms with E-state index in [2.05, 4.69) is 15.5 Å². The van der Waals surface area contributed by atoms with Gasteiger partial charge in [0, 0.05) is 35.6 Å². The number of aromatic nitrogens is 2. The molecule has 1 N–H and O–H groups in total. The van der Waals surface area contributed by atoms with Gasteiger partial charge in [0.15, 0.2) is 0 Å². The lowest BCUT2D eigenvalue weighted by molar-refractivity contribution is -0.120. The highest BCUT2D eigenvalue weighted by molar-refractivity contribution is 7.91. The minimum absolute atomic E-state index is 0.0939. The number of hydrogen-bond acceptors (Lipinski definition) is 7. The van der Waals surface area contributed by atoms with Crippen molar-refractivity contribution in [2.24, 2.45) is 5.92 Å². The number of rotatable bonds is 6. The third kappa shape index (κ3) is 4.57. The number of amides is 1. The molecule has 174 valence electrons. The molecule has 0 bridgehead atoms. The van der Waals surface area contributed by atoms with Crippen LogP contribution in [0.4, 0.5) is 10.1 Å². The van der Waals surface area contributed by atoms with E-state index in [0.717, 1.165) is 30.6 Å². The van der Waals surface area contributed by atoms with Crippen molar-refractivity contribution in [1.82, 2.24) is 14.4 Å². The number of carbonyl (C=O) groups is 1. The zero-order valence-corrected chi connectivity index (χ0v) is 19.4. The molecule has 0 spiro atoms. The van der Waals surface area contributed by atoms with Crippen LogP contribution in [0.25, 0.3) is 11.4 Å². The van der Waals surface area contributed by atoms with Crippen molar-refractivity contribution in [2.75, 3.05) is 18.4 Å². The highest BCUT2D eigenvalue weighted by Crippen LogP contribution is 2.37. The zero-order chi connectivity index (χ0) is 23.0. The Morgan fingerprint density at radius 2 is 1.97 bits per heavy atom. The number of sulfonamides is 1. The predicted molar refractivity (Wildman–Crippen MR) is 121 cm³/mol. The second-order valence-corrected chi connectivity index (χ2v) is 11.5. The van der Waals surface area contributed by atoms with Crippen LogP contribution in [-0.2, 0) is 14.8 Å². The van der Waals surface area contributed by atoms with Gasteiger partial charge in [0.05, 0.1) is 5.92 Å². The van der Waals surface area contributed by atoms with E-state index in [1.807, 2.05) is 0 Å². The summed E-state index contributed by atoms with van der Waals surface area (Å²) in [4.78, 5) is 17.1. The summed E-state index contributed by atoms with van der Waals surface area (Å²) < 4.78 is 46.5. The molecule has 2 aromatic heterocycles. The number of anilines is 1. The Morgan fingerprint density at radius 3 is 2.70 bits per heavy atom. The fourth-order valence-corrected chi connectivity index (χ4v) is 6.86. The molecule has 5 rings (SSSR count). The average Bonchev–Trinajstić information content (AvgIpc) is 3.44. The molecule has 3 aromatic rings. The topological polar surface area (TPSA) is 105 Å². The van der Waals surface area contributed by atoms with E-state index in [1.165, 1.54) is 28.6 Å². The van der Waals surface area contributed by atoms with Gasteiger partial charge in [0.2, 0.25) is 17.6 Å². The highest BCUT2D eigenvalue weighted by atomic mass is 32.2. The van der Waals surface area contributed by atoms with E-state index in [0.29, 0.717) is 48.3 Å². The Hall–Kier alpha value is -2.63. The molecule has 1 saturated carbocycles. The molecule has 2 fully saturated rings. The van der Waals surface area contributed by atoms with Gasteiger partial charge in [-0.05, 0) is 56.0 Å². The van der Waals surface area contributed by atoms with Gasteiger partial charge in [-0.3, -0.25) is 4.79 Å². The molecular formula is C22H23FN4O4S2. The summed E-state index contributed by atoms with van der Waals surface area (Å²) in [7, 11) is -3.76. The first-order valence-electron chi connectivity index (χ1n) is 10.9. The Bertz CT molecular complexity index is 1250. The Balaban J connectivity index is 1.27. The van der Waals surface area contributed by atoms with Crippen LogP contribution in [0.2, 0.25) is 0 Å². The maximum absolute atomic E-state index is 13.3.